The first kappa shape index (κ1) is 17.1. The van der Waals surface area contributed by atoms with Crippen LogP contribution >= 0.6 is 11.3 Å². The van der Waals surface area contributed by atoms with Crippen LogP contribution in [0.2, 0.25) is 0 Å². The van der Waals surface area contributed by atoms with Gasteiger partial charge >= 0.3 is 5.97 Å². The van der Waals surface area contributed by atoms with Crippen LogP contribution in [0.25, 0.3) is 10.6 Å². The van der Waals surface area contributed by atoms with Gasteiger partial charge in [0.15, 0.2) is 0 Å². The zero-order valence-electron chi connectivity index (χ0n) is 13.2. The second kappa shape index (κ2) is 7.04. The molecule has 1 aliphatic heterocycles. The minimum Gasteiger partial charge on any atom is -0.466 e. The SMILES string of the molecule is CCOC(=O)C1CCN(S(=O)(=O)c2ccc(-c3ccon3)s2)CC1. The monoisotopic (exact) mass is 370 g/mol. The highest BCUT2D eigenvalue weighted by Crippen LogP contribution is 2.33. The number of carbonyl (C=O) groups is 1. The van der Waals surface area contributed by atoms with E-state index < -0.39 is 10.0 Å². The molecule has 1 aliphatic rings. The Morgan fingerprint density at radius 2 is 2.12 bits per heavy atom. The lowest BCUT2D eigenvalue weighted by Gasteiger charge is -2.29. The molecule has 0 radical (unpaired) electrons. The third-order valence-corrected chi connectivity index (χ3v) is 7.41. The largest absolute Gasteiger partial charge is 0.466 e. The van der Waals surface area contributed by atoms with Crippen LogP contribution in [0.15, 0.2) is 33.2 Å². The normalized spacial score (nSPS) is 17.0. The highest BCUT2D eigenvalue weighted by atomic mass is 32.2. The van der Waals surface area contributed by atoms with E-state index in [1.807, 2.05) is 0 Å². The molecule has 0 saturated carbocycles. The summed E-state index contributed by atoms with van der Waals surface area (Å²) in [5, 5.41) is 3.82. The van der Waals surface area contributed by atoms with E-state index >= 15 is 0 Å². The van der Waals surface area contributed by atoms with E-state index in [2.05, 4.69) is 5.16 Å². The van der Waals surface area contributed by atoms with Gasteiger partial charge in [0.05, 0.1) is 17.4 Å². The van der Waals surface area contributed by atoms with Gasteiger partial charge in [-0.05, 0) is 31.9 Å². The second-order valence-electron chi connectivity index (χ2n) is 5.43. The van der Waals surface area contributed by atoms with Gasteiger partial charge in [-0.15, -0.1) is 11.3 Å². The first-order valence-electron chi connectivity index (χ1n) is 7.69. The number of aromatic nitrogens is 1. The van der Waals surface area contributed by atoms with Crippen molar-refractivity contribution in [3.05, 3.63) is 24.5 Å². The molecule has 3 rings (SSSR count). The zero-order valence-corrected chi connectivity index (χ0v) is 14.8. The number of esters is 1. The Morgan fingerprint density at radius 1 is 1.38 bits per heavy atom. The van der Waals surface area contributed by atoms with Gasteiger partial charge in [-0.2, -0.15) is 4.31 Å². The summed E-state index contributed by atoms with van der Waals surface area (Å²) in [6, 6.07) is 5.00. The zero-order chi connectivity index (χ0) is 17.2. The fourth-order valence-corrected chi connectivity index (χ4v) is 5.55. The molecule has 0 aromatic carbocycles. The average Bonchev–Trinajstić information content (AvgIpc) is 3.26. The number of hydrogen-bond acceptors (Lipinski definition) is 7. The predicted octanol–water partition coefficient (Wildman–Crippen LogP) is 2.37. The Labute approximate surface area is 144 Å². The molecule has 2 aromatic rings. The summed E-state index contributed by atoms with van der Waals surface area (Å²) in [5.74, 6) is -0.454. The Morgan fingerprint density at radius 3 is 2.75 bits per heavy atom. The Bertz CT molecular complexity index is 790. The molecular weight excluding hydrogens is 352 g/mol. The molecule has 3 heterocycles. The fourth-order valence-electron chi connectivity index (χ4n) is 2.66. The molecule has 0 bridgehead atoms. The van der Waals surface area contributed by atoms with E-state index in [1.54, 1.807) is 25.1 Å². The first-order chi connectivity index (χ1) is 11.5. The van der Waals surface area contributed by atoms with Crippen LogP contribution in [0.1, 0.15) is 19.8 Å². The molecule has 0 atom stereocenters. The summed E-state index contributed by atoms with van der Waals surface area (Å²) in [4.78, 5) is 12.5. The van der Waals surface area contributed by atoms with Crippen molar-refractivity contribution in [1.82, 2.24) is 9.46 Å². The van der Waals surface area contributed by atoms with E-state index in [9.17, 15) is 13.2 Å². The standard InChI is InChI=1S/C15H18N2O5S2/c1-2-21-15(18)11-5-8-17(9-6-11)24(19,20)14-4-3-13(23-14)12-7-10-22-16-12/h3-4,7,10-11H,2,5-6,8-9H2,1H3. The van der Waals surface area contributed by atoms with Crippen molar-refractivity contribution in [3.63, 3.8) is 0 Å². The number of ether oxygens (including phenoxy) is 1. The van der Waals surface area contributed by atoms with Crippen LogP contribution in [-0.4, -0.2) is 43.5 Å². The van der Waals surface area contributed by atoms with Gasteiger partial charge in [0.2, 0.25) is 0 Å². The maximum absolute atomic E-state index is 12.7. The highest BCUT2D eigenvalue weighted by molar-refractivity contribution is 7.91. The summed E-state index contributed by atoms with van der Waals surface area (Å²) in [7, 11) is -3.55. The van der Waals surface area contributed by atoms with Crippen molar-refractivity contribution in [3.8, 4) is 10.6 Å². The molecule has 0 amide bonds. The first-order valence-corrected chi connectivity index (χ1v) is 9.95. The van der Waals surface area contributed by atoms with Crippen LogP contribution in [0.4, 0.5) is 0 Å². The Hall–Kier alpha value is -1.71. The van der Waals surface area contributed by atoms with Crippen molar-refractivity contribution in [2.24, 2.45) is 5.92 Å². The predicted molar refractivity (Wildman–Crippen MR) is 87.9 cm³/mol. The molecule has 130 valence electrons. The van der Waals surface area contributed by atoms with E-state index in [-0.39, 0.29) is 16.1 Å². The van der Waals surface area contributed by atoms with Gasteiger partial charge in [-0.3, -0.25) is 4.79 Å². The topological polar surface area (TPSA) is 89.7 Å². The van der Waals surface area contributed by atoms with E-state index in [1.165, 1.54) is 10.6 Å². The number of thiophene rings is 1. The third-order valence-electron chi connectivity index (χ3n) is 3.94. The van der Waals surface area contributed by atoms with Crippen molar-refractivity contribution < 1.29 is 22.5 Å². The molecule has 1 fully saturated rings. The smallest absolute Gasteiger partial charge is 0.309 e. The third kappa shape index (κ3) is 3.38. The van der Waals surface area contributed by atoms with Crippen molar-refractivity contribution in [1.29, 1.82) is 0 Å². The molecule has 7 nitrogen and oxygen atoms in total. The molecular formula is C15H18N2O5S2. The number of hydrogen-bond donors (Lipinski definition) is 0. The average molecular weight is 370 g/mol. The lowest BCUT2D eigenvalue weighted by atomic mass is 9.98. The molecule has 2 aromatic heterocycles. The maximum atomic E-state index is 12.7. The van der Waals surface area contributed by atoms with Gasteiger partial charge in [-0.1, -0.05) is 5.16 Å². The van der Waals surface area contributed by atoms with Crippen LogP contribution in [-0.2, 0) is 19.6 Å². The number of rotatable bonds is 5. The molecule has 24 heavy (non-hydrogen) atoms. The minimum atomic E-state index is -3.55. The number of sulfonamides is 1. The summed E-state index contributed by atoms with van der Waals surface area (Å²) in [5.41, 5.74) is 0.613. The maximum Gasteiger partial charge on any atom is 0.309 e. The second-order valence-corrected chi connectivity index (χ2v) is 8.68. The van der Waals surface area contributed by atoms with E-state index in [4.69, 9.17) is 9.26 Å². The molecule has 9 heteroatoms. The number of piperidine rings is 1. The molecule has 0 spiro atoms. The summed E-state index contributed by atoms with van der Waals surface area (Å²) >= 11 is 1.16. The molecule has 1 saturated heterocycles. The van der Waals surface area contributed by atoms with E-state index in [0.29, 0.717) is 38.2 Å². The van der Waals surface area contributed by atoms with Gasteiger partial charge < -0.3 is 9.26 Å². The van der Waals surface area contributed by atoms with Gasteiger partial charge in [-0.25, -0.2) is 8.42 Å². The lowest BCUT2D eigenvalue weighted by Crippen LogP contribution is -2.40. The molecule has 0 aliphatic carbocycles. The van der Waals surface area contributed by atoms with Crippen molar-refractivity contribution in [2.45, 2.75) is 24.0 Å². The van der Waals surface area contributed by atoms with Crippen LogP contribution in [0.3, 0.4) is 0 Å². The molecule has 0 N–H and O–H groups in total. The van der Waals surface area contributed by atoms with Gasteiger partial charge in [0, 0.05) is 19.2 Å². The summed E-state index contributed by atoms with van der Waals surface area (Å²) in [6.07, 6.45) is 2.42. The van der Waals surface area contributed by atoms with Crippen LogP contribution in [0.5, 0.6) is 0 Å². The summed E-state index contributed by atoms with van der Waals surface area (Å²) in [6.45, 7) is 2.75. The summed E-state index contributed by atoms with van der Waals surface area (Å²) < 4.78 is 37.0. The quantitative estimate of drug-likeness (QED) is 0.751. The van der Waals surface area contributed by atoms with Gasteiger partial charge in [0.1, 0.15) is 16.2 Å². The number of nitrogens with zero attached hydrogens (tertiary/aromatic N) is 2. The van der Waals surface area contributed by atoms with Gasteiger partial charge in [0.25, 0.3) is 10.0 Å². The minimum absolute atomic E-state index is 0.217. The Balaban J connectivity index is 1.70. The Kier molecular flexibility index (Phi) is 5.02. The van der Waals surface area contributed by atoms with Crippen LogP contribution in [0, 0.1) is 5.92 Å². The van der Waals surface area contributed by atoms with Crippen LogP contribution < -0.4 is 0 Å². The molecule has 0 unspecified atom stereocenters. The van der Waals surface area contributed by atoms with E-state index in [0.717, 1.165) is 16.2 Å². The van der Waals surface area contributed by atoms with Crippen molar-refractivity contribution in [2.75, 3.05) is 19.7 Å². The number of carbonyl (C=O) groups excluding carboxylic acids is 1. The van der Waals surface area contributed by atoms with Crippen molar-refractivity contribution >= 4 is 27.3 Å². The lowest BCUT2D eigenvalue weighted by molar-refractivity contribution is -0.149. The fraction of sp³-hybridized carbons (Fsp3) is 0.467. The highest BCUT2D eigenvalue weighted by Gasteiger charge is 2.33.